The topological polar surface area (TPSA) is 106 Å². The first-order chi connectivity index (χ1) is 19.2. The van der Waals surface area contributed by atoms with Gasteiger partial charge in [0.05, 0.1) is 49.7 Å². The lowest BCUT2D eigenvalue weighted by atomic mass is 10.1. The number of hydrogen-bond acceptors (Lipinski definition) is 6. The van der Waals surface area contributed by atoms with Gasteiger partial charge in [-0.1, -0.05) is 41.5 Å². The maximum absolute atomic E-state index is 6.22. The van der Waals surface area contributed by atoms with Crippen LogP contribution in [0.3, 0.4) is 0 Å². The third-order valence-electron chi connectivity index (χ3n) is 9.20. The Labute approximate surface area is 255 Å². The molecule has 2 aromatic carbocycles. The Morgan fingerprint density at radius 1 is 0.643 bits per heavy atom. The van der Waals surface area contributed by atoms with E-state index >= 15 is 0 Å². The highest BCUT2D eigenvalue weighted by Crippen LogP contribution is 2.37. The Morgan fingerprint density at radius 2 is 0.976 bits per heavy atom. The molecular weight excluding hydrogens is 557 g/mol. The zero-order chi connectivity index (χ0) is 31.7. The second-order valence-corrected chi connectivity index (χ2v) is 24.1. The molecule has 0 aliphatic carbocycles. The van der Waals surface area contributed by atoms with Gasteiger partial charge in [0.15, 0.2) is 16.6 Å². The Kier molecular flexibility index (Phi) is 10.1. The van der Waals surface area contributed by atoms with E-state index in [9.17, 15) is 0 Å². The van der Waals surface area contributed by atoms with Crippen LogP contribution in [0.5, 0.6) is 0 Å². The van der Waals surface area contributed by atoms with Crippen molar-refractivity contribution in [3.8, 4) is 0 Å². The SMILES string of the molecule is Cc1cc2cnn(CCO[Si](C)(C)C(C)(C)C)c2cc1N.Cc1cc2cnn(CCO[Si](C)(C)C(C)(C)C)c2cc1N. The van der Waals surface area contributed by atoms with Crippen molar-refractivity contribution in [1.29, 1.82) is 0 Å². The minimum absolute atomic E-state index is 0.237. The van der Waals surface area contributed by atoms with Gasteiger partial charge in [0.25, 0.3) is 0 Å². The number of nitrogens with two attached hydrogens (primary N) is 2. The Bertz CT molecular complexity index is 1400. The molecule has 4 N–H and O–H groups in total. The number of aromatic nitrogens is 4. The molecule has 0 radical (unpaired) electrons. The fourth-order valence-electron chi connectivity index (χ4n) is 4.08. The predicted molar refractivity (Wildman–Crippen MR) is 184 cm³/mol. The molecule has 8 nitrogen and oxygen atoms in total. The number of nitrogen functional groups attached to an aromatic ring is 2. The summed E-state index contributed by atoms with van der Waals surface area (Å²) >= 11 is 0. The average molecular weight is 611 g/mol. The molecule has 0 aliphatic rings. The average Bonchev–Trinajstić information content (AvgIpc) is 3.42. The van der Waals surface area contributed by atoms with Crippen LogP contribution in [0.15, 0.2) is 36.7 Å². The Morgan fingerprint density at radius 3 is 1.29 bits per heavy atom. The van der Waals surface area contributed by atoms with Gasteiger partial charge < -0.3 is 20.3 Å². The molecule has 42 heavy (non-hydrogen) atoms. The van der Waals surface area contributed by atoms with E-state index in [-0.39, 0.29) is 10.1 Å². The second kappa shape index (κ2) is 12.5. The van der Waals surface area contributed by atoms with Crippen molar-refractivity contribution in [3.63, 3.8) is 0 Å². The number of anilines is 2. The lowest BCUT2D eigenvalue weighted by Crippen LogP contribution is -2.41. The summed E-state index contributed by atoms with van der Waals surface area (Å²) in [5.74, 6) is 0. The highest BCUT2D eigenvalue weighted by atomic mass is 28.4. The van der Waals surface area contributed by atoms with Gasteiger partial charge in [-0.15, -0.1) is 0 Å². The summed E-state index contributed by atoms with van der Waals surface area (Å²) in [5, 5.41) is 11.7. The van der Waals surface area contributed by atoms with E-state index in [1.165, 1.54) is 0 Å². The zero-order valence-electron chi connectivity index (χ0n) is 28.1. The smallest absolute Gasteiger partial charge is 0.192 e. The zero-order valence-corrected chi connectivity index (χ0v) is 30.1. The third kappa shape index (κ3) is 7.83. The van der Waals surface area contributed by atoms with Crippen molar-refractivity contribution in [2.24, 2.45) is 0 Å². The van der Waals surface area contributed by atoms with Crippen LogP contribution < -0.4 is 11.5 Å². The Balaban J connectivity index is 0.000000230. The molecular formula is C32H54N6O2Si2. The quantitative estimate of drug-likeness (QED) is 0.155. The van der Waals surface area contributed by atoms with Crippen LogP contribution in [0.25, 0.3) is 21.8 Å². The number of benzene rings is 2. The molecule has 0 saturated heterocycles. The van der Waals surface area contributed by atoms with E-state index in [2.05, 4.69) is 90.1 Å². The van der Waals surface area contributed by atoms with Gasteiger partial charge in [-0.25, -0.2) is 0 Å². The van der Waals surface area contributed by atoms with E-state index < -0.39 is 16.6 Å². The van der Waals surface area contributed by atoms with Crippen LogP contribution in [-0.2, 0) is 21.9 Å². The second-order valence-electron chi connectivity index (χ2n) is 14.5. The Hall–Kier alpha value is -2.67. The molecule has 10 heteroatoms. The van der Waals surface area contributed by atoms with Gasteiger partial charge in [-0.2, -0.15) is 10.2 Å². The van der Waals surface area contributed by atoms with Crippen LogP contribution in [0.1, 0.15) is 52.7 Å². The fraction of sp³-hybridized carbons (Fsp3) is 0.562. The summed E-state index contributed by atoms with van der Waals surface area (Å²) in [5.41, 5.74) is 18.0. The van der Waals surface area contributed by atoms with Crippen molar-refractivity contribution >= 4 is 49.8 Å². The number of nitrogens with zero attached hydrogens (tertiary/aromatic N) is 4. The van der Waals surface area contributed by atoms with E-state index in [0.717, 1.165) is 57.4 Å². The molecule has 4 aromatic rings. The molecule has 0 fully saturated rings. The molecule has 0 amide bonds. The highest BCUT2D eigenvalue weighted by molar-refractivity contribution is 6.74. The first-order valence-electron chi connectivity index (χ1n) is 14.9. The predicted octanol–water partition coefficient (Wildman–Crippen LogP) is 7.90. The highest BCUT2D eigenvalue weighted by Gasteiger charge is 2.37. The molecule has 2 heterocycles. The van der Waals surface area contributed by atoms with Crippen molar-refractivity contribution in [2.75, 3.05) is 24.7 Å². The summed E-state index contributed by atoms with van der Waals surface area (Å²) in [7, 11) is -3.38. The van der Waals surface area contributed by atoms with Gasteiger partial charge in [0.2, 0.25) is 0 Å². The number of fused-ring (bicyclic) bond motifs is 2. The fourth-order valence-corrected chi connectivity index (χ4v) is 6.15. The van der Waals surface area contributed by atoms with Crippen molar-refractivity contribution < 1.29 is 8.85 Å². The van der Waals surface area contributed by atoms with E-state index in [1.54, 1.807) is 0 Å². The van der Waals surface area contributed by atoms with Crippen LogP contribution in [0.2, 0.25) is 36.3 Å². The molecule has 2 aromatic heterocycles. The van der Waals surface area contributed by atoms with Gasteiger partial charge in [0.1, 0.15) is 0 Å². The van der Waals surface area contributed by atoms with Gasteiger partial charge in [0, 0.05) is 22.1 Å². The van der Waals surface area contributed by atoms with Crippen LogP contribution in [0, 0.1) is 13.8 Å². The monoisotopic (exact) mass is 610 g/mol. The van der Waals surface area contributed by atoms with Crippen molar-refractivity contribution in [2.45, 2.75) is 105 Å². The summed E-state index contributed by atoms with van der Waals surface area (Å²) in [4.78, 5) is 0. The molecule has 0 unspecified atom stereocenters. The molecule has 0 spiro atoms. The molecule has 4 rings (SSSR count). The van der Waals surface area contributed by atoms with Crippen LogP contribution in [0.4, 0.5) is 11.4 Å². The van der Waals surface area contributed by atoms with E-state index in [4.69, 9.17) is 20.3 Å². The molecule has 0 atom stereocenters. The number of aryl methyl sites for hydroxylation is 2. The summed E-state index contributed by atoms with van der Waals surface area (Å²) in [6, 6.07) is 8.18. The van der Waals surface area contributed by atoms with Crippen LogP contribution >= 0.6 is 0 Å². The number of rotatable bonds is 8. The lowest BCUT2D eigenvalue weighted by Gasteiger charge is -2.36. The molecule has 232 valence electrons. The largest absolute Gasteiger partial charge is 0.415 e. The first-order valence-corrected chi connectivity index (χ1v) is 20.8. The summed E-state index contributed by atoms with van der Waals surface area (Å²) in [6.45, 7) is 29.6. The minimum Gasteiger partial charge on any atom is -0.415 e. The summed E-state index contributed by atoms with van der Waals surface area (Å²) in [6.07, 6.45) is 3.79. The molecule has 0 aliphatic heterocycles. The third-order valence-corrected chi connectivity index (χ3v) is 18.3. The maximum Gasteiger partial charge on any atom is 0.192 e. The molecule has 0 saturated carbocycles. The van der Waals surface area contributed by atoms with Crippen LogP contribution in [-0.4, -0.2) is 49.4 Å². The molecule has 0 bridgehead atoms. The van der Waals surface area contributed by atoms with E-state index in [1.807, 2.05) is 47.7 Å². The normalized spacial score (nSPS) is 13.0. The lowest BCUT2D eigenvalue weighted by molar-refractivity contribution is 0.268. The number of hydrogen-bond donors (Lipinski definition) is 2. The van der Waals surface area contributed by atoms with Crippen molar-refractivity contribution in [1.82, 2.24) is 19.6 Å². The minimum atomic E-state index is -1.69. The summed E-state index contributed by atoms with van der Waals surface area (Å²) < 4.78 is 16.4. The van der Waals surface area contributed by atoms with Gasteiger partial charge >= 0.3 is 0 Å². The standard InChI is InChI=1S/2C16H27N3OSi/c2*1-12-9-13-11-18-19(15(13)10-14(12)17)7-8-20-21(5,6)16(2,3)4/h2*9-11H,7-8,17H2,1-6H3. The van der Waals surface area contributed by atoms with Gasteiger partial charge in [-0.05, 0) is 85.5 Å². The van der Waals surface area contributed by atoms with E-state index in [0.29, 0.717) is 13.2 Å². The maximum atomic E-state index is 6.22. The van der Waals surface area contributed by atoms with Gasteiger partial charge in [-0.3, -0.25) is 9.36 Å². The first kappa shape index (κ1) is 33.8. The van der Waals surface area contributed by atoms with Crippen molar-refractivity contribution in [3.05, 3.63) is 47.8 Å².